The summed E-state index contributed by atoms with van der Waals surface area (Å²) in [6, 6.07) is 8.95. The number of carbonyl (C=O) groups is 1. The quantitative estimate of drug-likeness (QED) is 0.914. The van der Waals surface area contributed by atoms with Crippen LogP contribution in [-0.4, -0.2) is 29.9 Å². The SMILES string of the molecule is CC[C@H]1CN(C(C)=O)CC[C@H]1NCc1ccc(Br)cc1. The molecule has 1 aromatic rings. The number of nitrogens with zero attached hydrogens (tertiary/aromatic N) is 1. The molecule has 2 rings (SSSR count). The van der Waals surface area contributed by atoms with E-state index in [1.807, 2.05) is 4.90 Å². The van der Waals surface area contributed by atoms with Gasteiger partial charge in [-0.25, -0.2) is 0 Å². The van der Waals surface area contributed by atoms with Crippen LogP contribution in [0.25, 0.3) is 0 Å². The first-order chi connectivity index (χ1) is 9.60. The van der Waals surface area contributed by atoms with Gasteiger partial charge in [0.15, 0.2) is 0 Å². The van der Waals surface area contributed by atoms with Crippen LogP contribution >= 0.6 is 15.9 Å². The number of carbonyl (C=O) groups excluding carboxylic acids is 1. The topological polar surface area (TPSA) is 32.3 Å². The first-order valence-electron chi connectivity index (χ1n) is 7.33. The Morgan fingerprint density at radius 3 is 2.70 bits per heavy atom. The Morgan fingerprint density at radius 2 is 2.10 bits per heavy atom. The summed E-state index contributed by atoms with van der Waals surface area (Å²) in [6.07, 6.45) is 2.16. The molecule has 1 aliphatic rings. The zero-order valence-corrected chi connectivity index (χ0v) is 13.8. The molecule has 1 aliphatic heterocycles. The molecule has 1 aromatic carbocycles. The Hall–Kier alpha value is -0.870. The van der Waals surface area contributed by atoms with Crippen molar-refractivity contribution >= 4 is 21.8 Å². The van der Waals surface area contributed by atoms with Gasteiger partial charge in [-0.15, -0.1) is 0 Å². The molecule has 0 unspecified atom stereocenters. The highest BCUT2D eigenvalue weighted by atomic mass is 79.9. The van der Waals surface area contributed by atoms with Gasteiger partial charge in [-0.3, -0.25) is 4.79 Å². The Kier molecular flexibility index (Phi) is 5.61. The van der Waals surface area contributed by atoms with Crippen LogP contribution in [0, 0.1) is 5.92 Å². The van der Waals surface area contributed by atoms with E-state index in [2.05, 4.69) is 52.4 Å². The smallest absolute Gasteiger partial charge is 0.219 e. The number of hydrogen-bond acceptors (Lipinski definition) is 2. The summed E-state index contributed by atoms with van der Waals surface area (Å²) in [6.45, 7) is 6.55. The molecule has 0 aromatic heterocycles. The van der Waals surface area contributed by atoms with Gasteiger partial charge in [-0.05, 0) is 30.0 Å². The number of amides is 1. The number of likely N-dealkylation sites (tertiary alicyclic amines) is 1. The van der Waals surface area contributed by atoms with Gasteiger partial charge >= 0.3 is 0 Å². The highest BCUT2D eigenvalue weighted by Gasteiger charge is 2.28. The number of halogens is 1. The predicted octanol–water partition coefficient (Wildman–Crippen LogP) is 3.19. The van der Waals surface area contributed by atoms with E-state index < -0.39 is 0 Å². The number of rotatable bonds is 4. The van der Waals surface area contributed by atoms with E-state index in [-0.39, 0.29) is 5.91 Å². The van der Waals surface area contributed by atoms with Gasteiger partial charge in [0.2, 0.25) is 5.91 Å². The minimum Gasteiger partial charge on any atom is -0.343 e. The third-order valence-electron chi connectivity index (χ3n) is 4.19. The fraction of sp³-hybridized carbons (Fsp3) is 0.562. The Bertz CT molecular complexity index is 446. The van der Waals surface area contributed by atoms with Crippen molar-refractivity contribution in [3.8, 4) is 0 Å². The molecule has 0 spiro atoms. The summed E-state index contributed by atoms with van der Waals surface area (Å²) in [4.78, 5) is 13.5. The van der Waals surface area contributed by atoms with Crippen LogP contribution in [0.4, 0.5) is 0 Å². The molecular weight excluding hydrogens is 316 g/mol. The molecule has 2 atom stereocenters. The van der Waals surface area contributed by atoms with Crippen LogP contribution in [0.5, 0.6) is 0 Å². The minimum absolute atomic E-state index is 0.204. The van der Waals surface area contributed by atoms with Gasteiger partial charge in [0.1, 0.15) is 0 Å². The van der Waals surface area contributed by atoms with Gasteiger partial charge in [0, 0.05) is 37.1 Å². The summed E-state index contributed by atoms with van der Waals surface area (Å²) in [5, 5.41) is 3.66. The Balaban J connectivity index is 1.89. The van der Waals surface area contributed by atoms with E-state index in [1.54, 1.807) is 6.92 Å². The van der Waals surface area contributed by atoms with E-state index in [4.69, 9.17) is 0 Å². The van der Waals surface area contributed by atoms with E-state index in [1.165, 1.54) is 5.56 Å². The maximum atomic E-state index is 11.5. The Labute approximate surface area is 129 Å². The molecular formula is C16H23BrN2O. The molecule has 1 heterocycles. The Morgan fingerprint density at radius 1 is 1.40 bits per heavy atom. The molecule has 20 heavy (non-hydrogen) atoms. The lowest BCUT2D eigenvalue weighted by Gasteiger charge is -2.38. The molecule has 0 aliphatic carbocycles. The molecule has 1 amide bonds. The largest absolute Gasteiger partial charge is 0.343 e. The molecule has 4 heteroatoms. The molecule has 0 radical (unpaired) electrons. The van der Waals surface area contributed by atoms with Gasteiger partial charge in [0.25, 0.3) is 0 Å². The average Bonchev–Trinajstić information content (AvgIpc) is 2.46. The highest BCUT2D eigenvalue weighted by Crippen LogP contribution is 2.21. The van der Waals surface area contributed by atoms with E-state index >= 15 is 0 Å². The molecule has 1 fully saturated rings. The summed E-state index contributed by atoms with van der Waals surface area (Å²) < 4.78 is 1.11. The van der Waals surface area contributed by atoms with Crippen molar-refractivity contribution in [1.82, 2.24) is 10.2 Å². The second-order valence-corrected chi connectivity index (χ2v) is 6.45. The van der Waals surface area contributed by atoms with E-state index in [0.717, 1.165) is 36.9 Å². The summed E-state index contributed by atoms with van der Waals surface area (Å²) in [5.74, 6) is 0.762. The number of piperidine rings is 1. The molecule has 0 bridgehead atoms. The second-order valence-electron chi connectivity index (χ2n) is 5.54. The van der Waals surface area contributed by atoms with Crippen molar-refractivity contribution in [1.29, 1.82) is 0 Å². The fourth-order valence-corrected chi connectivity index (χ4v) is 3.12. The summed E-state index contributed by atoms with van der Waals surface area (Å²) in [5.41, 5.74) is 1.30. The molecule has 1 saturated heterocycles. The number of hydrogen-bond donors (Lipinski definition) is 1. The van der Waals surface area contributed by atoms with Crippen molar-refractivity contribution in [3.05, 3.63) is 34.3 Å². The predicted molar refractivity (Wildman–Crippen MR) is 85.4 cm³/mol. The molecule has 110 valence electrons. The lowest BCUT2D eigenvalue weighted by Crippen LogP contribution is -2.50. The maximum Gasteiger partial charge on any atom is 0.219 e. The van der Waals surface area contributed by atoms with Gasteiger partial charge in [0.05, 0.1) is 0 Å². The van der Waals surface area contributed by atoms with Crippen LogP contribution in [0.2, 0.25) is 0 Å². The normalized spacial score (nSPS) is 22.9. The van der Waals surface area contributed by atoms with Crippen LogP contribution in [0.3, 0.4) is 0 Å². The van der Waals surface area contributed by atoms with Crippen molar-refractivity contribution in [2.75, 3.05) is 13.1 Å². The van der Waals surface area contributed by atoms with Gasteiger partial charge in [-0.2, -0.15) is 0 Å². The molecule has 1 N–H and O–H groups in total. The lowest BCUT2D eigenvalue weighted by molar-refractivity contribution is -0.131. The van der Waals surface area contributed by atoms with Crippen LogP contribution in [-0.2, 0) is 11.3 Å². The zero-order chi connectivity index (χ0) is 14.5. The monoisotopic (exact) mass is 338 g/mol. The second kappa shape index (κ2) is 7.23. The number of benzene rings is 1. The van der Waals surface area contributed by atoms with Gasteiger partial charge < -0.3 is 10.2 Å². The number of nitrogens with one attached hydrogen (secondary N) is 1. The zero-order valence-electron chi connectivity index (χ0n) is 12.2. The van der Waals surface area contributed by atoms with Crippen LogP contribution in [0.15, 0.2) is 28.7 Å². The molecule has 0 saturated carbocycles. The summed E-state index contributed by atoms with van der Waals surface area (Å²) >= 11 is 3.46. The standard InChI is InChI=1S/C16H23BrN2O/c1-3-14-11-19(12(2)20)9-8-16(14)18-10-13-4-6-15(17)7-5-13/h4-7,14,16,18H,3,8-11H2,1-2H3/t14-,16+/m0/s1. The fourth-order valence-electron chi connectivity index (χ4n) is 2.85. The molecule has 3 nitrogen and oxygen atoms in total. The summed E-state index contributed by atoms with van der Waals surface area (Å²) in [7, 11) is 0. The lowest BCUT2D eigenvalue weighted by atomic mass is 9.89. The van der Waals surface area contributed by atoms with Crippen LogP contribution < -0.4 is 5.32 Å². The third kappa shape index (κ3) is 4.06. The van der Waals surface area contributed by atoms with Crippen molar-refractivity contribution in [3.63, 3.8) is 0 Å². The van der Waals surface area contributed by atoms with Crippen molar-refractivity contribution in [2.24, 2.45) is 5.92 Å². The highest BCUT2D eigenvalue weighted by molar-refractivity contribution is 9.10. The third-order valence-corrected chi connectivity index (χ3v) is 4.71. The first-order valence-corrected chi connectivity index (χ1v) is 8.12. The minimum atomic E-state index is 0.204. The van der Waals surface area contributed by atoms with Crippen molar-refractivity contribution < 1.29 is 4.79 Å². The van der Waals surface area contributed by atoms with E-state index in [9.17, 15) is 4.79 Å². The van der Waals surface area contributed by atoms with E-state index in [0.29, 0.717) is 12.0 Å². The van der Waals surface area contributed by atoms with Gasteiger partial charge in [-0.1, -0.05) is 41.4 Å². The van der Waals surface area contributed by atoms with Crippen molar-refractivity contribution in [2.45, 2.75) is 39.3 Å². The average molecular weight is 339 g/mol. The first kappa shape index (κ1) is 15.5. The maximum absolute atomic E-state index is 11.5. The van der Waals surface area contributed by atoms with Crippen LogP contribution in [0.1, 0.15) is 32.3 Å².